The van der Waals surface area contributed by atoms with Gasteiger partial charge in [-0.1, -0.05) is 19.4 Å². The number of hydrogen-bond donors (Lipinski definition) is 2. The van der Waals surface area contributed by atoms with E-state index in [0.717, 1.165) is 18.4 Å². The minimum Gasteiger partial charge on any atom is -0.484 e. The number of rotatable bonds is 6. The van der Waals surface area contributed by atoms with Crippen LogP contribution >= 0.6 is 0 Å². The van der Waals surface area contributed by atoms with Crippen LogP contribution in [-0.2, 0) is 9.59 Å². The molecule has 0 bridgehead atoms. The number of carbonyl (C=O) groups is 2. The fraction of sp³-hybridized carbons (Fsp3) is 0.467. The van der Waals surface area contributed by atoms with Crippen molar-refractivity contribution in [1.29, 1.82) is 0 Å². The van der Waals surface area contributed by atoms with Crippen LogP contribution in [0.1, 0.15) is 37.3 Å². The minimum absolute atomic E-state index is 0.128. The molecule has 1 aromatic rings. The first-order valence-electron chi connectivity index (χ1n) is 6.80. The largest absolute Gasteiger partial charge is 0.484 e. The summed E-state index contributed by atoms with van der Waals surface area (Å²) >= 11 is 0. The number of hydrogen-bond acceptors (Lipinski definition) is 3. The Balaban J connectivity index is 2.29. The van der Waals surface area contributed by atoms with E-state index in [1.165, 1.54) is 5.56 Å². The van der Waals surface area contributed by atoms with Gasteiger partial charge in [0.15, 0.2) is 6.61 Å². The van der Waals surface area contributed by atoms with Crippen molar-refractivity contribution in [3.8, 4) is 5.75 Å². The predicted octanol–water partition coefficient (Wildman–Crippen LogP) is 2.02. The molecular weight excluding hydrogens is 256 g/mol. The number of ether oxygens (including phenoxy) is 1. The highest BCUT2D eigenvalue weighted by atomic mass is 16.5. The van der Waals surface area contributed by atoms with E-state index in [9.17, 15) is 9.59 Å². The molecule has 0 saturated heterocycles. The number of benzene rings is 1. The first kappa shape index (κ1) is 16.0. The zero-order valence-corrected chi connectivity index (χ0v) is 12.3. The van der Waals surface area contributed by atoms with Gasteiger partial charge in [0.2, 0.25) is 5.91 Å². The molecule has 2 amide bonds. The lowest BCUT2D eigenvalue weighted by atomic mass is 10.1. The van der Waals surface area contributed by atoms with Crippen LogP contribution in [0.3, 0.4) is 0 Å². The third-order valence-corrected chi connectivity index (χ3v) is 2.95. The second-order valence-corrected chi connectivity index (χ2v) is 4.73. The molecular formula is C15H22N2O3. The molecule has 5 heteroatoms. The molecule has 0 saturated carbocycles. The molecule has 1 rings (SSSR count). The van der Waals surface area contributed by atoms with Crippen LogP contribution in [0.15, 0.2) is 18.2 Å². The normalized spacial score (nSPS) is 9.95. The standard InChI is InChI=1S/C15H22N2O3/c1-4-5-6-14(18)16-17-15(19)10-20-13-8-7-11(2)12(3)9-13/h7-9H,4-6,10H2,1-3H3,(H,16,18)(H,17,19). The number of carbonyl (C=O) groups excluding carboxylic acids is 2. The quantitative estimate of drug-likeness (QED) is 0.782. The zero-order chi connectivity index (χ0) is 15.0. The van der Waals surface area contributed by atoms with Gasteiger partial charge in [0.05, 0.1) is 0 Å². The minimum atomic E-state index is -0.381. The summed E-state index contributed by atoms with van der Waals surface area (Å²) in [6.45, 7) is 5.87. The van der Waals surface area contributed by atoms with E-state index < -0.39 is 0 Å². The van der Waals surface area contributed by atoms with Crippen molar-refractivity contribution in [2.75, 3.05) is 6.61 Å². The molecule has 0 spiro atoms. The van der Waals surface area contributed by atoms with Gasteiger partial charge in [-0.05, 0) is 43.5 Å². The molecule has 0 heterocycles. The summed E-state index contributed by atoms with van der Waals surface area (Å²) in [4.78, 5) is 22.8. The summed E-state index contributed by atoms with van der Waals surface area (Å²) < 4.78 is 5.35. The maximum Gasteiger partial charge on any atom is 0.276 e. The van der Waals surface area contributed by atoms with E-state index in [1.54, 1.807) is 0 Å². The Bertz CT molecular complexity index is 472. The Kier molecular flexibility index (Phi) is 6.56. The van der Waals surface area contributed by atoms with Crippen molar-refractivity contribution in [1.82, 2.24) is 10.9 Å². The monoisotopic (exact) mass is 278 g/mol. The maximum atomic E-state index is 11.5. The van der Waals surface area contributed by atoms with Gasteiger partial charge in [-0.2, -0.15) is 0 Å². The van der Waals surface area contributed by atoms with Gasteiger partial charge in [-0.15, -0.1) is 0 Å². The van der Waals surface area contributed by atoms with Crippen LogP contribution < -0.4 is 15.6 Å². The van der Waals surface area contributed by atoms with Crippen molar-refractivity contribution in [3.05, 3.63) is 29.3 Å². The number of unbranched alkanes of at least 4 members (excludes halogenated alkanes) is 1. The summed E-state index contributed by atoms with van der Waals surface area (Å²) in [6, 6.07) is 5.63. The van der Waals surface area contributed by atoms with Gasteiger partial charge < -0.3 is 4.74 Å². The Morgan fingerprint density at radius 1 is 1.10 bits per heavy atom. The highest BCUT2D eigenvalue weighted by molar-refractivity contribution is 5.82. The first-order chi connectivity index (χ1) is 9.52. The Labute approximate surface area is 119 Å². The van der Waals surface area contributed by atoms with Crippen LogP contribution in [0, 0.1) is 13.8 Å². The molecule has 5 nitrogen and oxygen atoms in total. The molecule has 110 valence electrons. The number of amides is 2. The summed E-state index contributed by atoms with van der Waals surface area (Å²) in [7, 11) is 0. The average molecular weight is 278 g/mol. The maximum absolute atomic E-state index is 11.5. The lowest BCUT2D eigenvalue weighted by Gasteiger charge is -2.09. The van der Waals surface area contributed by atoms with E-state index in [4.69, 9.17) is 4.74 Å². The summed E-state index contributed by atoms with van der Waals surface area (Å²) in [6.07, 6.45) is 2.16. The topological polar surface area (TPSA) is 67.4 Å². The lowest BCUT2D eigenvalue weighted by molar-refractivity contribution is -0.130. The number of nitrogens with one attached hydrogen (secondary N) is 2. The SMILES string of the molecule is CCCCC(=O)NNC(=O)COc1ccc(C)c(C)c1. The molecule has 1 aromatic carbocycles. The molecule has 0 radical (unpaired) electrons. The van der Waals surface area contributed by atoms with Gasteiger partial charge >= 0.3 is 0 Å². The van der Waals surface area contributed by atoms with Crippen LogP contribution in [0.5, 0.6) is 5.75 Å². The van der Waals surface area contributed by atoms with Gasteiger partial charge in [0.25, 0.3) is 5.91 Å². The summed E-state index contributed by atoms with van der Waals surface area (Å²) in [5.74, 6) is 0.0695. The molecule has 0 aliphatic rings. The molecule has 0 aliphatic carbocycles. The predicted molar refractivity (Wildman–Crippen MR) is 77.2 cm³/mol. The third kappa shape index (κ3) is 5.73. The van der Waals surface area contributed by atoms with Crippen LogP contribution in [0.25, 0.3) is 0 Å². The molecule has 0 fully saturated rings. The lowest BCUT2D eigenvalue weighted by Crippen LogP contribution is -2.43. The van der Waals surface area contributed by atoms with Crippen molar-refractivity contribution in [2.45, 2.75) is 40.0 Å². The molecule has 0 aromatic heterocycles. The fourth-order valence-electron chi connectivity index (χ4n) is 1.53. The molecule has 2 N–H and O–H groups in total. The first-order valence-corrected chi connectivity index (χ1v) is 6.80. The molecule has 20 heavy (non-hydrogen) atoms. The Hall–Kier alpha value is -2.04. The van der Waals surface area contributed by atoms with E-state index in [0.29, 0.717) is 12.2 Å². The van der Waals surface area contributed by atoms with E-state index in [2.05, 4.69) is 10.9 Å². The Morgan fingerprint density at radius 3 is 2.45 bits per heavy atom. The second kappa shape index (κ2) is 8.19. The van der Waals surface area contributed by atoms with Crippen molar-refractivity contribution in [3.63, 3.8) is 0 Å². The van der Waals surface area contributed by atoms with Crippen molar-refractivity contribution in [2.24, 2.45) is 0 Å². The Morgan fingerprint density at radius 2 is 1.80 bits per heavy atom. The van der Waals surface area contributed by atoms with Gasteiger partial charge in [0, 0.05) is 6.42 Å². The fourth-order valence-corrected chi connectivity index (χ4v) is 1.53. The highest BCUT2D eigenvalue weighted by Gasteiger charge is 2.05. The van der Waals surface area contributed by atoms with E-state index in [-0.39, 0.29) is 18.4 Å². The molecule has 0 aliphatic heterocycles. The van der Waals surface area contributed by atoms with Crippen molar-refractivity contribution < 1.29 is 14.3 Å². The van der Waals surface area contributed by atoms with Crippen molar-refractivity contribution >= 4 is 11.8 Å². The zero-order valence-electron chi connectivity index (χ0n) is 12.3. The van der Waals surface area contributed by atoms with Crippen LogP contribution in [0.2, 0.25) is 0 Å². The van der Waals surface area contributed by atoms with Crippen LogP contribution in [0.4, 0.5) is 0 Å². The number of aryl methyl sites for hydroxylation is 2. The average Bonchev–Trinajstić information content (AvgIpc) is 2.44. The smallest absolute Gasteiger partial charge is 0.276 e. The summed E-state index contributed by atoms with van der Waals surface area (Å²) in [5.41, 5.74) is 6.96. The van der Waals surface area contributed by atoms with Gasteiger partial charge in [-0.3, -0.25) is 20.4 Å². The third-order valence-electron chi connectivity index (χ3n) is 2.95. The highest BCUT2D eigenvalue weighted by Crippen LogP contribution is 2.16. The van der Waals surface area contributed by atoms with Gasteiger partial charge in [0.1, 0.15) is 5.75 Å². The molecule has 0 atom stereocenters. The number of hydrazine groups is 1. The van der Waals surface area contributed by atoms with Crippen LogP contribution in [-0.4, -0.2) is 18.4 Å². The van der Waals surface area contributed by atoms with E-state index >= 15 is 0 Å². The molecule has 0 unspecified atom stereocenters. The van der Waals surface area contributed by atoms with Gasteiger partial charge in [-0.25, -0.2) is 0 Å². The summed E-state index contributed by atoms with van der Waals surface area (Å²) in [5, 5.41) is 0. The van der Waals surface area contributed by atoms with E-state index in [1.807, 2.05) is 39.0 Å². The second-order valence-electron chi connectivity index (χ2n) is 4.73.